The van der Waals surface area contributed by atoms with Gasteiger partial charge < -0.3 is 14.6 Å². The number of hydrogen-bond donors (Lipinski definition) is 2. The van der Waals surface area contributed by atoms with Crippen LogP contribution in [0, 0.1) is 5.92 Å². The normalized spacial score (nSPS) is 47.5. The van der Waals surface area contributed by atoms with E-state index >= 15 is 0 Å². The van der Waals surface area contributed by atoms with E-state index in [0.717, 1.165) is 13.0 Å². The van der Waals surface area contributed by atoms with E-state index in [1.807, 2.05) is 6.92 Å². The van der Waals surface area contributed by atoms with Crippen LogP contribution < -0.4 is 5.32 Å². The molecule has 12 heavy (non-hydrogen) atoms. The van der Waals surface area contributed by atoms with Crippen LogP contribution in [0.15, 0.2) is 0 Å². The highest BCUT2D eigenvalue weighted by Gasteiger charge is 2.34. The molecule has 2 saturated heterocycles. The van der Waals surface area contributed by atoms with E-state index in [1.54, 1.807) is 0 Å². The van der Waals surface area contributed by atoms with Gasteiger partial charge >= 0.3 is 0 Å². The summed E-state index contributed by atoms with van der Waals surface area (Å²) in [6, 6.07) is 0. The lowest BCUT2D eigenvalue weighted by atomic mass is 10.0. The number of hydrogen-bond acceptors (Lipinski definition) is 4. The summed E-state index contributed by atoms with van der Waals surface area (Å²) in [5.41, 5.74) is 0. The number of nitrogens with one attached hydrogen (secondary N) is 1. The number of aliphatic hydroxyl groups excluding tert-OH is 1. The first kappa shape index (κ1) is 8.44. The predicted molar refractivity (Wildman–Crippen MR) is 42.4 cm³/mol. The Morgan fingerprint density at radius 3 is 2.83 bits per heavy atom. The van der Waals surface area contributed by atoms with Crippen molar-refractivity contribution in [2.24, 2.45) is 5.92 Å². The largest absolute Gasteiger partial charge is 0.368 e. The van der Waals surface area contributed by atoms with Gasteiger partial charge in [0.2, 0.25) is 0 Å². The second-order valence-electron chi connectivity index (χ2n) is 3.56. The molecular formula is C8H15NO3. The zero-order valence-corrected chi connectivity index (χ0v) is 7.19. The maximum absolute atomic E-state index is 9.13. The molecule has 0 aliphatic carbocycles. The first-order valence-electron chi connectivity index (χ1n) is 4.44. The molecule has 2 fully saturated rings. The minimum absolute atomic E-state index is 0.114. The molecule has 4 heteroatoms. The van der Waals surface area contributed by atoms with Crippen LogP contribution in [0.2, 0.25) is 0 Å². The molecule has 4 unspecified atom stereocenters. The van der Waals surface area contributed by atoms with E-state index in [9.17, 15) is 0 Å². The maximum atomic E-state index is 9.13. The third kappa shape index (κ3) is 1.61. The highest BCUT2D eigenvalue weighted by Crippen LogP contribution is 2.24. The Balaban J connectivity index is 1.73. The van der Waals surface area contributed by atoms with Crippen molar-refractivity contribution in [3.63, 3.8) is 0 Å². The van der Waals surface area contributed by atoms with Gasteiger partial charge in [0.05, 0.1) is 12.7 Å². The smallest absolute Gasteiger partial charge is 0.159 e. The van der Waals surface area contributed by atoms with Gasteiger partial charge in [0.1, 0.15) is 6.23 Å². The third-order valence-corrected chi connectivity index (χ3v) is 2.43. The molecular weight excluding hydrogens is 158 g/mol. The Morgan fingerprint density at radius 1 is 1.58 bits per heavy atom. The lowest BCUT2D eigenvalue weighted by Crippen LogP contribution is -2.43. The van der Waals surface area contributed by atoms with Gasteiger partial charge in [-0.2, -0.15) is 0 Å². The molecule has 4 nitrogen and oxygen atoms in total. The molecule has 4 atom stereocenters. The second kappa shape index (κ2) is 3.30. The van der Waals surface area contributed by atoms with E-state index in [2.05, 4.69) is 5.32 Å². The number of ether oxygens (including phenoxy) is 2. The van der Waals surface area contributed by atoms with Gasteiger partial charge in [-0.1, -0.05) is 0 Å². The highest BCUT2D eigenvalue weighted by atomic mass is 16.6. The molecule has 0 aromatic heterocycles. The third-order valence-electron chi connectivity index (χ3n) is 2.43. The molecule has 0 bridgehead atoms. The van der Waals surface area contributed by atoms with Gasteiger partial charge in [-0.25, -0.2) is 0 Å². The monoisotopic (exact) mass is 173 g/mol. The molecule has 2 aliphatic heterocycles. The minimum atomic E-state index is -0.564. The summed E-state index contributed by atoms with van der Waals surface area (Å²) in [7, 11) is 0. The Morgan fingerprint density at radius 2 is 2.42 bits per heavy atom. The second-order valence-corrected chi connectivity index (χ2v) is 3.56. The first-order valence-corrected chi connectivity index (χ1v) is 4.44. The molecule has 0 radical (unpaired) electrons. The summed E-state index contributed by atoms with van der Waals surface area (Å²) in [6.07, 6.45) is 0.703. The lowest BCUT2D eigenvalue weighted by Gasteiger charge is -2.33. The van der Waals surface area contributed by atoms with Crippen molar-refractivity contribution in [3.8, 4) is 0 Å². The summed E-state index contributed by atoms with van der Waals surface area (Å²) >= 11 is 0. The summed E-state index contributed by atoms with van der Waals surface area (Å²) in [5, 5.41) is 12.4. The zero-order valence-electron chi connectivity index (χ0n) is 7.19. The van der Waals surface area contributed by atoms with Crippen molar-refractivity contribution in [2.45, 2.75) is 32.0 Å². The molecule has 0 amide bonds. The Labute approximate surface area is 71.9 Å². The van der Waals surface area contributed by atoms with E-state index in [-0.39, 0.29) is 12.1 Å². The van der Waals surface area contributed by atoms with Crippen LogP contribution in [-0.4, -0.2) is 36.9 Å². The fraction of sp³-hybridized carbons (Fsp3) is 1.00. The van der Waals surface area contributed by atoms with E-state index in [0.29, 0.717) is 12.7 Å². The van der Waals surface area contributed by atoms with Crippen LogP contribution in [-0.2, 0) is 9.47 Å². The predicted octanol–water partition coefficient (Wildman–Crippen LogP) is -0.324. The molecule has 2 rings (SSSR count). The van der Waals surface area contributed by atoms with Crippen LogP contribution in [0.3, 0.4) is 0 Å². The maximum Gasteiger partial charge on any atom is 0.159 e. The van der Waals surface area contributed by atoms with Crippen molar-refractivity contribution in [1.82, 2.24) is 5.32 Å². The summed E-state index contributed by atoms with van der Waals surface area (Å²) in [5.74, 6) is 0.257. The molecule has 0 aromatic carbocycles. The lowest BCUT2D eigenvalue weighted by molar-refractivity contribution is -0.240. The summed E-state index contributed by atoms with van der Waals surface area (Å²) in [4.78, 5) is 0. The van der Waals surface area contributed by atoms with Crippen LogP contribution in [0.4, 0.5) is 0 Å². The van der Waals surface area contributed by atoms with Crippen molar-refractivity contribution < 1.29 is 14.6 Å². The van der Waals surface area contributed by atoms with Crippen LogP contribution in [0.1, 0.15) is 13.3 Å². The zero-order chi connectivity index (χ0) is 8.55. The molecule has 2 aliphatic rings. The average Bonchev–Trinajstić information content (AvgIpc) is 2.44. The van der Waals surface area contributed by atoms with Gasteiger partial charge in [-0.3, -0.25) is 5.32 Å². The fourth-order valence-corrected chi connectivity index (χ4v) is 1.59. The van der Waals surface area contributed by atoms with Crippen molar-refractivity contribution in [3.05, 3.63) is 0 Å². The van der Waals surface area contributed by atoms with E-state index < -0.39 is 6.29 Å². The Hall–Kier alpha value is -0.160. The van der Waals surface area contributed by atoms with E-state index in [1.165, 1.54) is 0 Å². The van der Waals surface area contributed by atoms with Crippen LogP contribution in [0.25, 0.3) is 0 Å². The van der Waals surface area contributed by atoms with Crippen molar-refractivity contribution >= 4 is 0 Å². The molecule has 0 saturated carbocycles. The molecule has 0 spiro atoms. The number of rotatable bonds is 2. The van der Waals surface area contributed by atoms with Crippen molar-refractivity contribution in [2.75, 3.05) is 13.2 Å². The standard InChI is InChI=1S/C8H15NO3/c1-5-3-9-7(12-5)2-6-4-11-8(6)10/h5-10H,2-4H2,1H3. The molecule has 2 N–H and O–H groups in total. The van der Waals surface area contributed by atoms with Gasteiger partial charge in [-0.15, -0.1) is 0 Å². The molecule has 2 heterocycles. The Bertz CT molecular complexity index is 164. The van der Waals surface area contributed by atoms with E-state index in [4.69, 9.17) is 14.6 Å². The van der Waals surface area contributed by atoms with Gasteiger partial charge in [0, 0.05) is 12.5 Å². The fourth-order valence-electron chi connectivity index (χ4n) is 1.59. The van der Waals surface area contributed by atoms with Crippen LogP contribution >= 0.6 is 0 Å². The van der Waals surface area contributed by atoms with Gasteiger partial charge in [0.15, 0.2) is 6.29 Å². The highest BCUT2D eigenvalue weighted by molar-refractivity contribution is 4.77. The number of aliphatic hydroxyl groups is 1. The average molecular weight is 173 g/mol. The summed E-state index contributed by atoms with van der Waals surface area (Å²) < 4.78 is 10.4. The topological polar surface area (TPSA) is 50.7 Å². The minimum Gasteiger partial charge on any atom is -0.368 e. The summed E-state index contributed by atoms with van der Waals surface area (Å²) in [6.45, 7) is 3.62. The molecule has 70 valence electrons. The van der Waals surface area contributed by atoms with Gasteiger partial charge in [0.25, 0.3) is 0 Å². The molecule has 0 aromatic rings. The quantitative estimate of drug-likeness (QED) is 0.600. The van der Waals surface area contributed by atoms with Crippen molar-refractivity contribution in [1.29, 1.82) is 0 Å². The first-order chi connectivity index (χ1) is 5.75. The Kier molecular flexibility index (Phi) is 2.32. The van der Waals surface area contributed by atoms with Crippen LogP contribution in [0.5, 0.6) is 0 Å². The SMILES string of the molecule is CC1CNC(CC2COC2O)O1. The van der Waals surface area contributed by atoms with Gasteiger partial charge in [-0.05, 0) is 13.3 Å².